The number of anilines is 1. The van der Waals surface area contributed by atoms with E-state index in [-0.39, 0.29) is 12.1 Å². The van der Waals surface area contributed by atoms with Crippen molar-refractivity contribution in [3.63, 3.8) is 0 Å². The zero-order valence-electron chi connectivity index (χ0n) is 16.3. The number of nitrogens with zero attached hydrogens (tertiary/aromatic N) is 1. The van der Waals surface area contributed by atoms with Crippen LogP contribution in [0.4, 0.5) is 10.5 Å². The van der Waals surface area contributed by atoms with Gasteiger partial charge in [0.15, 0.2) is 0 Å². The number of methoxy groups -OCH3 is 1. The van der Waals surface area contributed by atoms with Crippen LogP contribution < -0.4 is 15.4 Å². The lowest BCUT2D eigenvalue weighted by atomic mass is 9.85. The lowest BCUT2D eigenvalue weighted by Crippen LogP contribution is -2.40. The first-order valence-corrected chi connectivity index (χ1v) is 9.79. The van der Waals surface area contributed by atoms with E-state index in [1.807, 2.05) is 43.3 Å². The Kier molecular flexibility index (Phi) is 5.19. The second-order valence-electron chi connectivity index (χ2n) is 7.48. The van der Waals surface area contributed by atoms with E-state index in [1.54, 1.807) is 7.11 Å². The molecule has 2 atom stereocenters. The van der Waals surface area contributed by atoms with Gasteiger partial charge in [0.2, 0.25) is 0 Å². The molecule has 146 valence electrons. The maximum atomic E-state index is 12.5. The summed E-state index contributed by atoms with van der Waals surface area (Å²) in [7, 11) is 1.64. The average molecular weight is 378 g/mol. The van der Waals surface area contributed by atoms with Crippen molar-refractivity contribution >= 4 is 22.8 Å². The molecule has 0 aliphatic heterocycles. The van der Waals surface area contributed by atoms with Crippen LogP contribution in [0.15, 0.2) is 42.5 Å². The van der Waals surface area contributed by atoms with Gasteiger partial charge in [-0.3, -0.25) is 0 Å². The molecule has 3 aromatic rings. The zero-order chi connectivity index (χ0) is 19.5. The van der Waals surface area contributed by atoms with E-state index in [0.717, 1.165) is 59.5 Å². The van der Waals surface area contributed by atoms with Crippen molar-refractivity contribution in [1.82, 2.24) is 15.3 Å². The summed E-state index contributed by atoms with van der Waals surface area (Å²) < 4.78 is 5.21. The molecule has 1 aliphatic rings. The molecule has 0 radical (unpaired) electrons. The Labute approximate surface area is 164 Å². The highest BCUT2D eigenvalue weighted by Gasteiger charge is 2.26. The fourth-order valence-electron chi connectivity index (χ4n) is 3.98. The maximum Gasteiger partial charge on any atom is 0.319 e. The monoisotopic (exact) mass is 378 g/mol. The van der Waals surface area contributed by atoms with E-state index in [1.165, 1.54) is 0 Å². The van der Waals surface area contributed by atoms with Crippen molar-refractivity contribution in [2.24, 2.45) is 0 Å². The molecule has 0 bridgehead atoms. The number of nitrogens with one attached hydrogen (secondary N) is 3. The SMILES string of the molecule is COc1ccc(NC(=O)N[C@@H]2CCC[C@H](c3nc4ccccc4[nH]3)C2)c(C)c1. The number of hydrogen-bond acceptors (Lipinski definition) is 3. The molecule has 0 spiro atoms. The summed E-state index contributed by atoms with van der Waals surface area (Å²) in [5.74, 6) is 2.15. The van der Waals surface area contributed by atoms with Crippen LogP contribution >= 0.6 is 0 Å². The quantitative estimate of drug-likeness (QED) is 0.614. The second kappa shape index (κ2) is 7.92. The number of rotatable bonds is 4. The molecule has 1 aromatic heterocycles. The van der Waals surface area contributed by atoms with Gasteiger partial charge < -0.3 is 20.4 Å². The fourth-order valence-corrected chi connectivity index (χ4v) is 3.98. The standard InChI is InChI=1S/C22H26N4O2/c1-14-12-17(28-2)10-11-18(14)26-22(27)23-16-7-5-6-15(13-16)21-24-19-8-3-4-9-20(19)25-21/h3-4,8-12,15-16H,5-7,13H2,1-2H3,(H,24,25)(H2,23,26,27)/t15-,16+/m0/s1. The Balaban J connectivity index is 1.38. The van der Waals surface area contributed by atoms with E-state index in [2.05, 4.69) is 21.7 Å². The number of aromatic nitrogens is 2. The number of urea groups is 1. The predicted octanol–water partition coefficient (Wildman–Crippen LogP) is 4.73. The molecule has 6 heteroatoms. The molecule has 2 aromatic carbocycles. The van der Waals surface area contributed by atoms with Gasteiger partial charge in [-0.15, -0.1) is 0 Å². The molecule has 28 heavy (non-hydrogen) atoms. The third kappa shape index (κ3) is 3.96. The van der Waals surface area contributed by atoms with E-state index in [0.29, 0.717) is 5.92 Å². The number of imidazole rings is 1. The summed E-state index contributed by atoms with van der Waals surface area (Å²) >= 11 is 0. The van der Waals surface area contributed by atoms with Gasteiger partial charge in [-0.1, -0.05) is 18.6 Å². The summed E-state index contributed by atoms with van der Waals surface area (Å²) in [5.41, 5.74) is 3.84. The van der Waals surface area contributed by atoms with Gasteiger partial charge in [-0.05, 0) is 62.1 Å². The van der Waals surface area contributed by atoms with Crippen molar-refractivity contribution < 1.29 is 9.53 Å². The number of hydrogen-bond donors (Lipinski definition) is 3. The van der Waals surface area contributed by atoms with Crippen LogP contribution in [0.25, 0.3) is 11.0 Å². The topological polar surface area (TPSA) is 79.0 Å². The smallest absolute Gasteiger partial charge is 0.319 e. The molecule has 1 saturated carbocycles. The number of carbonyl (C=O) groups excluding carboxylic acids is 1. The Morgan fingerprint density at radius 1 is 1.21 bits per heavy atom. The number of benzene rings is 2. The van der Waals surface area contributed by atoms with E-state index in [4.69, 9.17) is 9.72 Å². The van der Waals surface area contributed by atoms with Gasteiger partial charge >= 0.3 is 6.03 Å². The van der Waals surface area contributed by atoms with Gasteiger partial charge in [0.1, 0.15) is 11.6 Å². The number of aryl methyl sites for hydroxylation is 1. The fraction of sp³-hybridized carbons (Fsp3) is 0.364. The minimum atomic E-state index is -0.163. The first-order valence-electron chi connectivity index (χ1n) is 9.79. The number of carbonyl (C=O) groups is 1. The largest absolute Gasteiger partial charge is 0.497 e. The van der Waals surface area contributed by atoms with Crippen molar-refractivity contribution in [2.45, 2.75) is 44.6 Å². The molecule has 0 saturated heterocycles. The number of H-pyrrole nitrogens is 1. The van der Waals surface area contributed by atoms with Gasteiger partial charge in [-0.25, -0.2) is 9.78 Å². The molecule has 2 amide bonds. The van der Waals surface area contributed by atoms with E-state index < -0.39 is 0 Å². The summed E-state index contributed by atoms with van der Waals surface area (Å²) in [6.45, 7) is 1.95. The molecule has 1 heterocycles. The number of fused-ring (bicyclic) bond motifs is 1. The van der Waals surface area contributed by atoms with E-state index in [9.17, 15) is 4.79 Å². The van der Waals surface area contributed by atoms with Crippen molar-refractivity contribution in [1.29, 1.82) is 0 Å². The third-order valence-corrected chi connectivity index (χ3v) is 5.49. The van der Waals surface area contributed by atoms with Crippen molar-refractivity contribution in [3.05, 3.63) is 53.9 Å². The Bertz CT molecular complexity index is 949. The predicted molar refractivity (Wildman–Crippen MR) is 111 cm³/mol. The van der Waals surface area contributed by atoms with Gasteiger partial charge in [0, 0.05) is 17.6 Å². The summed E-state index contributed by atoms with van der Waals surface area (Å²) in [6.07, 6.45) is 4.06. The normalized spacial score (nSPS) is 19.4. The van der Waals surface area contributed by atoms with Gasteiger partial charge in [0.25, 0.3) is 0 Å². The molecule has 0 unspecified atom stereocenters. The summed E-state index contributed by atoms with van der Waals surface area (Å²) in [6, 6.07) is 13.7. The third-order valence-electron chi connectivity index (χ3n) is 5.49. The summed E-state index contributed by atoms with van der Waals surface area (Å²) in [5, 5.41) is 6.09. The molecule has 3 N–H and O–H groups in total. The molecule has 6 nitrogen and oxygen atoms in total. The first-order chi connectivity index (χ1) is 13.6. The maximum absolute atomic E-state index is 12.5. The van der Waals surface area contributed by atoms with Gasteiger partial charge in [-0.2, -0.15) is 0 Å². The van der Waals surface area contributed by atoms with Gasteiger partial charge in [0.05, 0.1) is 18.1 Å². The van der Waals surface area contributed by atoms with Crippen LogP contribution in [0, 0.1) is 6.92 Å². The van der Waals surface area contributed by atoms with Crippen LogP contribution in [-0.2, 0) is 0 Å². The zero-order valence-corrected chi connectivity index (χ0v) is 16.3. The van der Waals surface area contributed by atoms with E-state index >= 15 is 0 Å². The first kappa shape index (κ1) is 18.3. The highest BCUT2D eigenvalue weighted by molar-refractivity contribution is 5.90. The van der Waals surface area contributed by atoms with Crippen molar-refractivity contribution in [3.8, 4) is 5.75 Å². The van der Waals surface area contributed by atoms with Crippen LogP contribution in [0.1, 0.15) is 43.0 Å². The molecule has 4 rings (SSSR count). The van der Waals surface area contributed by atoms with Crippen LogP contribution in [0.3, 0.4) is 0 Å². The molecular weight excluding hydrogens is 352 g/mol. The minimum absolute atomic E-state index is 0.144. The van der Waals surface area contributed by atoms with Crippen LogP contribution in [0.5, 0.6) is 5.75 Å². The Hall–Kier alpha value is -3.02. The van der Waals surface area contributed by atoms with Crippen LogP contribution in [0.2, 0.25) is 0 Å². The number of amides is 2. The summed E-state index contributed by atoms with van der Waals surface area (Å²) in [4.78, 5) is 20.7. The van der Waals surface area contributed by atoms with Crippen LogP contribution in [-0.4, -0.2) is 29.2 Å². The van der Waals surface area contributed by atoms with Crippen molar-refractivity contribution in [2.75, 3.05) is 12.4 Å². The highest BCUT2D eigenvalue weighted by Crippen LogP contribution is 2.32. The second-order valence-corrected chi connectivity index (χ2v) is 7.48. The lowest BCUT2D eigenvalue weighted by molar-refractivity contribution is 0.241. The number of aromatic amines is 1. The molecule has 1 aliphatic carbocycles. The molecule has 1 fully saturated rings. The molecular formula is C22H26N4O2. The average Bonchev–Trinajstić information content (AvgIpc) is 3.14. The Morgan fingerprint density at radius 2 is 2.07 bits per heavy atom. The number of ether oxygens (including phenoxy) is 1. The number of para-hydroxylation sites is 2. The Morgan fingerprint density at radius 3 is 2.86 bits per heavy atom. The highest BCUT2D eigenvalue weighted by atomic mass is 16.5. The minimum Gasteiger partial charge on any atom is -0.497 e. The lowest BCUT2D eigenvalue weighted by Gasteiger charge is -2.28.